The molecule has 3 aromatic rings. The van der Waals surface area contributed by atoms with E-state index in [0.717, 1.165) is 5.92 Å². The minimum absolute atomic E-state index is 0.679. The molecule has 0 spiro atoms. The van der Waals surface area contributed by atoms with Crippen molar-refractivity contribution in [3.05, 3.63) is 70.9 Å². The largest absolute Gasteiger partial charge is 0.334 e. The number of nitrogens with zero attached hydrogens (tertiary/aromatic N) is 1. The van der Waals surface area contributed by atoms with Crippen LogP contribution in [0.4, 0.5) is 0 Å². The molecule has 150 valence electrons. The number of benzene rings is 2. The van der Waals surface area contributed by atoms with Crippen LogP contribution in [0.3, 0.4) is 0 Å². The highest BCUT2D eigenvalue weighted by Crippen LogP contribution is 2.40. The van der Waals surface area contributed by atoms with Crippen LogP contribution in [0.15, 0.2) is 48.5 Å². The summed E-state index contributed by atoms with van der Waals surface area (Å²) in [5, 5.41) is 1.59. The zero-order valence-electron chi connectivity index (χ0n) is 17.5. The van der Waals surface area contributed by atoms with Crippen molar-refractivity contribution in [2.75, 3.05) is 6.54 Å². The van der Waals surface area contributed by atoms with Gasteiger partial charge in [0, 0.05) is 22.9 Å². The summed E-state index contributed by atoms with van der Waals surface area (Å²) in [7, 11) is 0. The zero-order valence-corrected chi connectivity index (χ0v) is 17.5. The van der Waals surface area contributed by atoms with E-state index in [0.29, 0.717) is 6.04 Å². The molecule has 2 atom stereocenters. The summed E-state index contributed by atoms with van der Waals surface area (Å²) >= 11 is 0. The van der Waals surface area contributed by atoms with Crippen LogP contribution in [-0.4, -0.2) is 11.1 Å². The Morgan fingerprint density at radius 3 is 2.62 bits per heavy atom. The van der Waals surface area contributed by atoms with Crippen molar-refractivity contribution in [2.24, 2.45) is 0 Å². The molecule has 1 unspecified atom stereocenters. The maximum Gasteiger partial charge on any atom is 0.129 e. The first-order valence-corrected chi connectivity index (χ1v) is 11.9. The van der Waals surface area contributed by atoms with Gasteiger partial charge < -0.3 is 9.47 Å². The Morgan fingerprint density at radius 2 is 1.76 bits per heavy atom. The number of hydrogen-bond acceptors (Lipinski definition) is 0. The summed E-state index contributed by atoms with van der Waals surface area (Å²) in [6, 6.07) is 19.3. The highest BCUT2D eigenvalue weighted by molar-refractivity contribution is 5.87. The van der Waals surface area contributed by atoms with Crippen LogP contribution < -0.4 is 4.90 Å². The fourth-order valence-corrected chi connectivity index (χ4v) is 6.57. The summed E-state index contributed by atoms with van der Waals surface area (Å²) < 4.78 is 2.70. The fraction of sp³-hybridized carbons (Fsp3) is 0.481. The van der Waals surface area contributed by atoms with Gasteiger partial charge in [-0.25, -0.2) is 0 Å². The highest BCUT2D eigenvalue weighted by Gasteiger charge is 2.37. The first kappa shape index (κ1) is 17.8. The number of nitrogens with one attached hydrogen (secondary N) is 1. The Balaban J connectivity index is 1.39. The van der Waals surface area contributed by atoms with Gasteiger partial charge in [-0.05, 0) is 54.9 Å². The third-order valence-electron chi connectivity index (χ3n) is 7.99. The normalized spacial score (nSPS) is 24.6. The van der Waals surface area contributed by atoms with E-state index in [1.165, 1.54) is 82.1 Å². The SMILES string of the molecule is c1ccc(C[NH+]2CCn3c4c(c5cc(C6CCCCC6)ccc53)CCC[C@@H]42)cc1. The number of fused-ring (bicyclic) bond motifs is 3. The predicted molar refractivity (Wildman–Crippen MR) is 119 cm³/mol. The average molecular weight is 386 g/mol. The molecule has 1 saturated carbocycles. The Bertz CT molecular complexity index is 1010. The van der Waals surface area contributed by atoms with Crippen molar-refractivity contribution < 1.29 is 4.90 Å². The van der Waals surface area contributed by atoms with Gasteiger partial charge in [-0.1, -0.05) is 55.7 Å². The molecule has 2 heterocycles. The average Bonchev–Trinajstić information content (AvgIpc) is 3.11. The molecular weight excluding hydrogens is 352 g/mol. The quantitative estimate of drug-likeness (QED) is 0.637. The van der Waals surface area contributed by atoms with Crippen molar-refractivity contribution in [1.82, 2.24) is 4.57 Å². The van der Waals surface area contributed by atoms with Crippen LogP contribution in [0.2, 0.25) is 0 Å². The van der Waals surface area contributed by atoms with Crippen molar-refractivity contribution >= 4 is 10.9 Å². The van der Waals surface area contributed by atoms with E-state index >= 15 is 0 Å². The predicted octanol–water partition coefficient (Wildman–Crippen LogP) is 5.17. The van der Waals surface area contributed by atoms with E-state index in [-0.39, 0.29) is 0 Å². The number of quaternary nitrogens is 1. The molecule has 2 nitrogen and oxygen atoms in total. The van der Waals surface area contributed by atoms with Crippen molar-refractivity contribution in [3.8, 4) is 0 Å². The number of aromatic nitrogens is 1. The van der Waals surface area contributed by atoms with E-state index in [1.54, 1.807) is 27.1 Å². The molecule has 2 heteroatoms. The minimum atomic E-state index is 0.679. The third kappa shape index (κ3) is 3.04. The van der Waals surface area contributed by atoms with Crippen LogP contribution in [-0.2, 0) is 19.5 Å². The van der Waals surface area contributed by atoms with Gasteiger partial charge in [0.25, 0.3) is 0 Å². The monoisotopic (exact) mass is 385 g/mol. The summed E-state index contributed by atoms with van der Waals surface area (Å²) in [5.74, 6) is 0.803. The van der Waals surface area contributed by atoms with E-state index < -0.39 is 0 Å². The number of aryl methyl sites for hydroxylation is 1. The van der Waals surface area contributed by atoms with E-state index in [9.17, 15) is 0 Å². The second-order valence-electron chi connectivity index (χ2n) is 9.64. The van der Waals surface area contributed by atoms with Gasteiger partial charge in [0.15, 0.2) is 0 Å². The van der Waals surface area contributed by atoms with Gasteiger partial charge in [0.05, 0.1) is 18.8 Å². The first-order valence-electron chi connectivity index (χ1n) is 11.9. The lowest BCUT2D eigenvalue weighted by atomic mass is 9.83. The van der Waals surface area contributed by atoms with Crippen molar-refractivity contribution in [2.45, 2.75) is 76.4 Å². The molecule has 1 aliphatic heterocycles. The maximum absolute atomic E-state index is 2.70. The van der Waals surface area contributed by atoms with Gasteiger partial charge in [-0.15, -0.1) is 0 Å². The van der Waals surface area contributed by atoms with Crippen LogP contribution in [0.5, 0.6) is 0 Å². The molecule has 2 aromatic carbocycles. The highest BCUT2D eigenvalue weighted by atomic mass is 15.2. The molecule has 3 aliphatic rings. The standard InChI is InChI=1S/C27H32N2/c1-3-8-20(9-4-1)19-28-16-17-29-25-15-14-22(21-10-5-2-6-11-21)18-24(25)23-12-7-13-26(28)27(23)29/h1,3-4,8-9,14-15,18,21,26H,2,5-7,10-13,16-17,19H2/p+1/t26-/m0/s1. The molecule has 1 aromatic heterocycles. The minimum Gasteiger partial charge on any atom is -0.334 e. The second-order valence-corrected chi connectivity index (χ2v) is 9.64. The van der Waals surface area contributed by atoms with Crippen LogP contribution >= 0.6 is 0 Å². The van der Waals surface area contributed by atoms with Gasteiger partial charge in [-0.3, -0.25) is 0 Å². The topological polar surface area (TPSA) is 9.37 Å². The van der Waals surface area contributed by atoms with Gasteiger partial charge in [0.1, 0.15) is 12.6 Å². The van der Waals surface area contributed by atoms with E-state index in [4.69, 9.17) is 0 Å². The van der Waals surface area contributed by atoms with Crippen molar-refractivity contribution in [3.63, 3.8) is 0 Å². The summed E-state index contributed by atoms with van der Waals surface area (Å²) in [4.78, 5) is 1.78. The Morgan fingerprint density at radius 1 is 0.897 bits per heavy atom. The molecule has 6 rings (SSSR count). The van der Waals surface area contributed by atoms with E-state index in [1.807, 2.05) is 0 Å². The molecule has 0 saturated heterocycles. The molecule has 1 N–H and O–H groups in total. The fourth-order valence-electron chi connectivity index (χ4n) is 6.57. The smallest absolute Gasteiger partial charge is 0.129 e. The summed E-state index contributed by atoms with van der Waals surface area (Å²) in [6.45, 7) is 3.59. The number of rotatable bonds is 3. The van der Waals surface area contributed by atoms with Gasteiger partial charge >= 0.3 is 0 Å². The molecule has 1 fully saturated rings. The van der Waals surface area contributed by atoms with Crippen LogP contribution in [0, 0.1) is 0 Å². The molecule has 0 amide bonds. The Kier molecular flexibility index (Phi) is 4.49. The molecule has 2 aliphatic carbocycles. The van der Waals surface area contributed by atoms with Gasteiger partial charge in [0.2, 0.25) is 0 Å². The summed E-state index contributed by atoms with van der Waals surface area (Å²) in [6.07, 6.45) is 11.0. The third-order valence-corrected chi connectivity index (χ3v) is 7.99. The molecule has 0 bridgehead atoms. The first-order chi connectivity index (χ1) is 14.4. The maximum atomic E-state index is 2.70. The second kappa shape index (κ2) is 7.32. The zero-order chi connectivity index (χ0) is 19.2. The van der Waals surface area contributed by atoms with Gasteiger partial charge in [-0.2, -0.15) is 0 Å². The Labute approximate surface area is 174 Å². The van der Waals surface area contributed by atoms with Crippen molar-refractivity contribution in [1.29, 1.82) is 0 Å². The lowest BCUT2D eigenvalue weighted by Gasteiger charge is -2.37. The molecule has 29 heavy (non-hydrogen) atoms. The van der Waals surface area contributed by atoms with E-state index in [2.05, 4.69) is 53.1 Å². The molecule has 0 radical (unpaired) electrons. The Hall–Kier alpha value is -2.06. The lowest BCUT2D eigenvalue weighted by Crippen LogP contribution is -3.12. The van der Waals surface area contributed by atoms with Crippen LogP contribution in [0.25, 0.3) is 10.9 Å². The molecular formula is C27H33N2+. The van der Waals surface area contributed by atoms with Crippen LogP contribution in [0.1, 0.15) is 79.3 Å². The summed E-state index contributed by atoms with van der Waals surface area (Å²) in [5.41, 5.74) is 7.99. The lowest BCUT2D eigenvalue weighted by molar-refractivity contribution is -0.950. The number of hydrogen-bond donors (Lipinski definition) is 1.